The van der Waals surface area contributed by atoms with Gasteiger partial charge < -0.3 is 14.7 Å². The Hall–Kier alpha value is -2.35. The zero-order chi connectivity index (χ0) is 17.6. The van der Waals surface area contributed by atoms with Gasteiger partial charge in [-0.15, -0.1) is 0 Å². The van der Waals surface area contributed by atoms with Crippen LogP contribution in [0.4, 0.5) is 0 Å². The fourth-order valence-electron chi connectivity index (χ4n) is 2.32. The molecule has 0 aliphatic carbocycles. The zero-order valence-corrected chi connectivity index (χ0v) is 14.2. The van der Waals surface area contributed by atoms with Crippen molar-refractivity contribution < 1.29 is 14.6 Å². The number of ether oxygens (including phenoxy) is 1. The maximum atomic E-state index is 12.5. The summed E-state index contributed by atoms with van der Waals surface area (Å²) in [6.45, 7) is 7.35. The third kappa shape index (κ3) is 4.58. The number of hydrogen-bond acceptors (Lipinski definition) is 4. The number of carbonyl (C=O) groups is 1. The number of esters is 1. The molecule has 4 heteroatoms. The van der Waals surface area contributed by atoms with E-state index in [1.807, 2.05) is 13.1 Å². The molecule has 1 N–H and O–H groups in total. The van der Waals surface area contributed by atoms with Gasteiger partial charge in [0.25, 0.3) is 5.60 Å². The van der Waals surface area contributed by atoms with Crippen molar-refractivity contribution in [1.82, 2.24) is 4.90 Å². The molecule has 0 amide bonds. The molecule has 4 nitrogen and oxygen atoms in total. The van der Waals surface area contributed by atoms with E-state index >= 15 is 0 Å². The van der Waals surface area contributed by atoms with Crippen LogP contribution in [0.25, 0.3) is 0 Å². The van der Waals surface area contributed by atoms with Crippen LogP contribution in [-0.2, 0) is 15.1 Å². The summed E-state index contributed by atoms with van der Waals surface area (Å²) >= 11 is 0. The summed E-state index contributed by atoms with van der Waals surface area (Å²) in [6.07, 6.45) is 2.91. The minimum atomic E-state index is -1.99. The highest BCUT2D eigenvalue weighted by Crippen LogP contribution is 2.23. The number of rotatable bonds is 4. The summed E-state index contributed by atoms with van der Waals surface area (Å²) in [5, 5.41) is 10.9. The molecule has 0 fully saturated rings. The molecule has 0 bridgehead atoms. The third-order valence-corrected chi connectivity index (χ3v) is 3.84. The number of aliphatic hydroxyl groups is 1. The molecular weight excluding hydrogens is 302 g/mol. The lowest BCUT2D eigenvalue weighted by Crippen LogP contribution is -2.36. The van der Waals surface area contributed by atoms with E-state index in [1.54, 1.807) is 31.2 Å². The number of carbonyl (C=O) groups excluding carboxylic acids is 1. The van der Waals surface area contributed by atoms with Gasteiger partial charge in [-0.1, -0.05) is 48.9 Å². The first-order valence-corrected chi connectivity index (χ1v) is 7.92. The molecule has 1 heterocycles. The van der Waals surface area contributed by atoms with Crippen molar-refractivity contribution in [3.8, 4) is 11.8 Å². The molecule has 1 aromatic carbocycles. The smallest absolute Gasteiger partial charge is 0.356 e. The van der Waals surface area contributed by atoms with Crippen molar-refractivity contribution >= 4 is 5.97 Å². The van der Waals surface area contributed by atoms with E-state index in [2.05, 4.69) is 29.4 Å². The Bertz CT molecular complexity index is 697. The molecule has 0 saturated heterocycles. The molecule has 1 aliphatic rings. The van der Waals surface area contributed by atoms with Gasteiger partial charge in [-0.3, -0.25) is 0 Å². The molecule has 24 heavy (non-hydrogen) atoms. The lowest BCUT2D eigenvalue weighted by atomic mass is 9.94. The molecule has 1 unspecified atom stereocenters. The van der Waals surface area contributed by atoms with Gasteiger partial charge in [0.2, 0.25) is 0 Å². The summed E-state index contributed by atoms with van der Waals surface area (Å²) in [6, 6.07) is 8.61. The van der Waals surface area contributed by atoms with E-state index < -0.39 is 11.6 Å². The molecule has 0 saturated carbocycles. The predicted octanol–water partition coefficient (Wildman–Crippen LogP) is 2.26. The second-order valence-electron chi connectivity index (χ2n) is 6.06. The summed E-state index contributed by atoms with van der Waals surface area (Å²) in [5.74, 6) is 4.54. The first-order chi connectivity index (χ1) is 11.4. The SMILES string of the molecule is C=C(C)C#CC(O)(C(=O)OCC1=CCN(C)CC1)c1ccccc1. The van der Waals surface area contributed by atoms with Crippen LogP contribution in [0.2, 0.25) is 0 Å². The Morgan fingerprint density at radius 2 is 2.12 bits per heavy atom. The van der Waals surface area contributed by atoms with Crippen molar-refractivity contribution in [1.29, 1.82) is 0 Å². The Kier molecular flexibility index (Phi) is 5.97. The standard InChI is InChI=1S/C20H23NO3/c1-16(2)9-12-20(23,18-7-5-4-6-8-18)19(22)24-15-17-10-13-21(3)14-11-17/h4-8,10,23H,1,11,13-15H2,2-3H3. The molecule has 1 aromatic rings. The van der Waals surface area contributed by atoms with Crippen LogP contribution in [0.3, 0.4) is 0 Å². The van der Waals surface area contributed by atoms with E-state index in [1.165, 1.54) is 0 Å². The lowest BCUT2D eigenvalue weighted by molar-refractivity contribution is -0.159. The number of hydrogen-bond donors (Lipinski definition) is 1. The van der Waals surface area contributed by atoms with Gasteiger partial charge in [-0.2, -0.15) is 0 Å². The van der Waals surface area contributed by atoms with Crippen molar-refractivity contribution in [2.45, 2.75) is 18.9 Å². The quantitative estimate of drug-likeness (QED) is 0.524. The summed E-state index contributed by atoms with van der Waals surface area (Å²) in [7, 11) is 2.04. The van der Waals surface area contributed by atoms with E-state index in [0.717, 1.165) is 25.1 Å². The van der Waals surface area contributed by atoms with Gasteiger partial charge in [0.05, 0.1) is 0 Å². The zero-order valence-electron chi connectivity index (χ0n) is 14.2. The molecule has 0 spiro atoms. The average molecular weight is 325 g/mol. The van der Waals surface area contributed by atoms with Crippen LogP contribution < -0.4 is 0 Å². The monoisotopic (exact) mass is 325 g/mol. The third-order valence-electron chi connectivity index (χ3n) is 3.84. The fourth-order valence-corrected chi connectivity index (χ4v) is 2.32. The molecule has 0 radical (unpaired) electrons. The normalized spacial score (nSPS) is 17.0. The first-order valence-electron chi connectivity index (χ1n) is 7.92. The van der Waals surface area contributed by atoms with Gasteiger partial charge in [-0.25, -0.2) is 4.79 Å². The van der Waals surface area contributed by atoms with E-state index in [4.69, 9.17) is 4.74 Å². The van der Waals surface area contributed by atoms with Crippen LogP contribution >= 0.6 is 0 Å². The summed E-state index contributed by atoms with van der Waals surface area (Å²) in [4.78, 5) is 14.7. The highest BCUT2D eigenvalue weighted by Gasteiger charge is 2.38. The molecule has 126 valence electrons. The maximum Gasteiger partial charge on any atom is 0.356 e. The second-order valence-corrected chi connectivity index (χ2v) is 6.06. The Labute approximate surface area is 143 Å². The van der Waals surface area contributed by atoms with Crippen LogP contribution in [0.1, 0.15) is 18.9 Å². The number of allylic oxidation sites excluding steroid dienone is 1. The second kappa shape index (κ2) is 7.96. The van der Waals surface area contributed by atoms with Crippen molar-refractivity contribution in [3.05, 3.63) is 59.7 Å². The molecule has 2 rings (SSSR count). The van der Waals surface area contributed by atoms with Crippen molar-refractivity contribution in [3.63, 3.8) is 0 Å². The maximum absolute atomic E-state index is 12.5. The van der Waals surface area contributed by atoms with Crippen LogP contribution in [0, 0.1) is 11.8 Å². The topological polar surface area (TPSA) is 49.8 Å². The van der Waals surface area contributed by atoms with Crippen LogP contribution in [0.5, 0.6) is 0 Å². The van der Waals surface area contributed by atoms with Gasteiger partial charge in [0.15, 0.2) is 0 Å². The van der Waals surface area contributed by atoms with Crippen LogP contribution in [-0.4, -0.2) is 42.7 Å². The first kappa shape index (κ1) is 18.0. The fraction of sp³-hybridized carbons (Fsp3) is 0.350. The van der Waals surface area contributed by atoms with Gasteiger partial charge in [0.1, 0.15) is 6.61 Å². The Balaban J connectivity index is 2.17. The lowest BCUT2D eigenvalue weighted by Gasteiger charge is -2.24. The number of nitrogens with zero attached hydrogens (tertiary/aromatic N) is 1. The van der Waals surface area contributed by atoms with Gasteiger partial charge in [-0.05, 0) is 37.5 Å². The number of benzene rings is 1. The molecule has 1 aliphatic heterocycles. The van der Waals surface area contributed by atoms with E-state index in [-0.39, 0.29) is 6.61 Å². The van der Waals surface area contributed by atoms with E-state index in [0.29, 0.717) is 11.1 Å². The Morgan fingerprint density at radius 3 is 2.71 bits per heavy atom. The Morgan fingerprint density at radius 1 is 1.42 bits per heavy atom. The van der Waals surface area contributed by atoms with Crippen molar-refractivity contribution in [2.24, 2.45) is 0 Å². The minimum Gasteiger partial charge on any atom is -0.458 e. The molecule has 1 atom stereocenters. The molecule has 0 aromatic heterocycles. The summed E-state index contributed by atoms with van der Waals surface area (Å²) in [5.41, 5.74) is 0.0210. The largest absolute Gasteiger partial charge is 0.458 e. The van der Waals surface area contributed by atoms with Gasteiger partial charge in [0, 0.05) is 18.7 Å². The summed E-state index contributed by atoms with van der Waals surface area (Å²) < 4.78 is 5.36. The average Bonchev–Trinajstić information content (AvgIpc) is 2.59. The van der Waals surface area contributed by atoms with Crippen molar-refractivity contribution in [2.75, 3.05) is 26.7 Å². The van der Waals surface area contributed by atoms with Gasteiger partial charge >= 0.3 is 5.97 Å². The van der Waals surface area contributed by atoms with E-state index in [9.17, 15) is 9.90 Å². The van der Waals surface area contributed by atoms with Crippen LogP contribution in [0.15, 0.2) is 54.1 Å². The highest BCUT2D eigenvalue weighted by molar-refractivity contribution is 5.85. The number of likely N-dealkylation sites (N-methyl/N-ethyl adjacent to an activating group) is 1. The molecular formula is C20H23NO3. The predicted molar refractivity (Wildman–Crippen MR) is 94.1 cm³/mol. The highest BCUT2D eigenvalue weighted by atomic mass is 16.5. The minimum absolute atomic E-state index is 0.177.